The second-order valence-electron chi connectivity index (χ2n) is 6.23. The van der Waals surface area contributed by atoms with Gasteiger partial charge in [-0.1, -0.05) is 51.1 Å². The number of amides is 1. The maximum Gasteiger partial charge on any atom is 0.237 e. The van der Waals surface area contributed by atoms with Crippen LogP contribution in [0.4, 0.5) is 0 Å². The molecule has 0 bridgehead atoms. The van der Waals surface area contributed by atoms with Gasteiger partial charge in [0.15, 0.2) is 0 Å². The molecule has 0 aliphatic heterocycles. The molecule has 0 aliphatic carbocycles. The molecule has 0 heterocycles. The number of nitrogens with one attached hydrogen (secondary N) is 1. The highest BCUT2D eigenvalue weighted by atomic mass is 16.2. The molecular formula is C17H26N2O. The molecule has 0 saturated carbocycles. The first kappa shape index (κ1) is 16.4. The third-order valence-electron chi connectivity index (χ3n) is 3.39. The van der Waals surface area contributed by atoms with Gasteiger partial charge in [-0.15, -0.1) is 6.58 Å². The second-order valence-corrected chi connectivity index (χ2v) is 6.23. The van der Waals surface area contributed by atoms with Crippen LogP contribution < -0.4 is 11.1 Å². The smallest absolute Gasteiger partial charge is 0.237 e. The summed E-state index contributed by atoms with van der Waals surface area (Å²) < 4.78 is 0. The van der Waals surface area contributed by atoms with Crippen molar-refractivity contribution in [2.45, 2.75) is 51.6 Å². The molecule has 110 valence electrons. The van der Waals surface area contributed by atoms with Gasteiger partial charge in [0.2, 0.25) is 5.91 Å². The highest BCUT2D eigenvalue weighted by molar-refractivity contribution is 5.82. The lowest BCUT2D eigenvalue weighted by Crippen LogP contribution is -2.41. The Balaban J connectivity index is 2.71. The van der Waals surface area contributed by atoms with Crippen LogP contribution in [0.5, 0.6) is 0 Å². The van der Waals surface area contributed by atoms with Gasteiger partial charge in [-0.25, -0.2) is 0 Å². The van der Waals surface area contributed by atoms with Crippen molar-refractivity contribution in [1.29, 1.82) is 0 Å². The van der Waals surface area contributed by atoms with E-state index in [0.29, 0.717) is 6.42 Å². The van der Waals surface area contributed by atoms with E-state index in [4.69, 9.17) is 5.73 Å². The van der Waals surface area contributed by atoms with Gasteiger partial charge in [-0.3, -0.25) is 4.79 Å². The van der Waals surface area contributed by atoms with E-state index in [1.54, 1.807) is 6.08 Å². The molecule has 1 aromatic carbocycles. The number of benzene rings is 1. The van der Waals surface area contributed by atoms with Crippen LogP contribution in [-0.2, 0) is 10.2 Å². The van der Waals surface area contributed by atoms with Crippen LogP contribution in [0, 0.1) is 0 Å². The minimum atomic E-state index is -0.524. The van der Waals surface area contributed by atoms with E-state index in [-0.39, 0.29) is 17.4 Å². The summed E-state index contributed by atoms with van der Waals surface area (Å²) in [7, 11) is 0. The Labute approximate surface area is 122 Å². The van der Waals surface area contributed by atoms with E-state index in [0.717, 1.165) is 5.56 Å². The van der Waals surface area contributed by atoms with Crippen LogP contribution in [0.15, 0.2) is 36.9 Å². The summed E-state index contributed by atoms with van der Waals surface area (Å²) in [4.78, 5) is 11.9. The molecule has 0 radical (unpaired) electrons. The SMILES string of the molecule is C=CCC(N)C(=O)NC(C)c1ccc(C(C)(C)C)cc1. The predicted octanol–water partition coefficient (Wildman–Crippen LogP) is 3.06. The monoisotopic (exact) mass is 274 g/mol. The lowest BCUT2D eigenvalue weighted by atomic mass is 9.86. The van der Waals surface area contributed by atoms with Crippen LogP contribution in [0.3, 0.4) is 0 Å². The van der Waals surface area contributed by atoms with Crippen LogP contribution in [0.2, 0.25) is 0 Å². The zero-order valence-electron chi connectivity index (χ0n) is 12.9. The summed E-state index contributed by atoms with van der Waals surface area (Å²) in [5, 5.41) is 2.93. The molecule has 2 unspecified atom stereocenters. The van der Waals surface area contributed by atoms with Crippen molar-refractivity contribution in [2.24, 2.45) is 5.73 Å². The molecule has 0 spiro atoms. The fourth-order valence-electron chi connectivity index (χ4n) is 1.96. The van der Waals surface area contributed by atoms with E-state index in [2.05, 4.69) is 56.9 Å². The number of carbonyl (C=O) groups excluding carboxylic acids is 1. The van der Waals surface area contributed by atoms with Crippen LogP contribution in [0.25, 0.3) is 0 Å². The number of nitrogens with two attached hydrogens (primary N) is 1. The molecule has 0 aliphatic rings. The molecule has 0 aromatic heterocycles. The molecule has 20 heavy (non-hydrogen) atoms. The van der Waals surface area contributed by atoms with Gasteiger partial charge >= 0.3 is 0 Å². The van der Waals surface area contributed by atoms with Crippen molar-refractivity contribution in [3.63, 3.8) is 0 Å². The average Bonchev–Trinajstić information content (AvgIpc) is 2.38. The standard InChI is InChI=1S/C17H26N2O/c1-6-7-15(18)16(20)19-12(2)13-8-10-14(11-9-13)17(3,4)5/h6,8-12,15H,1,7,18H2,2-5H3,(H,19,20). The zero-order valence-corrected chi connectivity index (χ0v) is 12.9. The average molecular weight is 274 g/mol. The molecule has 1 aromatic rings. The Morgan fingerprint density at radius 1 is 1.35 bits per heavy atom. The largest absolute Gasteiger partial charge is 0.348 e. The van der Waals surface area contributed by atoms with Crippen molar-refractivity contribution in [2.75, 3.05) is 0 Å². The Kier molecular flexibility index (Phi) is 5.52. The zero-order chi connectivity index (χ0) is 15.3. The van der Waals surface area contributed by atoms with Gasteiger partial charge < -0.3 is 11.1 Å². The molecule has 3 nitrogen and oxygen atoms in total. The topological polar surface area (TPSA) is 55.1 Å². The van der Waals surface area contributed by atoms with Crippen molar-refractivity contribution < 1.29 is 4.79 Å². The first-order valence-corrected chi connectivity index (χ1v) is 7.03. The van der Waals surface area contributed by atoms with Gasteiger partial charge in [0.05, 0.1) is 12.1 Å². The van der Waals surface area contributed by atoms with E-state index < -0.39 is 6.04 Å². The lowest BCUT2D eigenvalue weighted by Gasteiger charge is -2.21. The summed E-state index contributed by atoms with van der Waals surface area (Å²) in [6.07, 6.45) is 2.15. The van der Waals surface area contributed by atoms with Gasteiger partial charge in [0, 0.05) is 0 Å². The number of hydrogen-bond donors (Lipinski definition) is 2. The summed E-state index contributed by atoms with van der Waals surface area (Å²) in [6, 6.07) is 7.77. The molecule has 1 rings (SSSR count). The maximum atomic E-state index is 11.9. The highest BCUT2D eigenvalue weighted by Gasteiger charge is 2.17. The van der Waals surface area contributed by atoms with Gasteiger partial charge in [0.1, 0.15) is 0 Å². The van der Waals surface area contributed by atoms with Crippen molar-refractivity contribution >= 4 is 5.91 Å². The molecule has 2 atom stereocenters. The lowest BCUT2D eigenvalue weighted by molar-refractivity contribution is -0.122. The Morgan fingerprint density at radius 3 is 2.35 bits per heavy atom. The normalized spacial score (nSPS) is 14.4. The van der Waals surface area contributed by atoms with E-state index in [9.17, 15) is 4.79 Å². The first-order valence-electron chi connectivity index (χ1n) is 7.03. The Hall–Kier alpha value is -1.61. The highest BCUT2D eigenvalue weighted by Crippen LogP contribution is 2.23. The number of carbonyl (C=O) groups is 1. The van der Waals surface area contributed by atoms with E-state index in [1.165, 1.54) is 5.56 Å². The number of rotatable bonds is 5. The van der Waals surface area contributed by atoms with Crippen molar-refractivity contribution in [3.05, 3.63) is 48.0 Å². The van der Waals surface area contributed by atoms with Crippen LogP contribution in [0.1, 0.15) is 51.3 Å². The third kappa shape index (κ3) is 4.49. The van der Waals surface area contributed by atoms with Gasteiger partial charge in [-0.05, 0) is 29.9 Å². The first-order chi connectivity index (χ1) is 9.25. The summed E-state index contributed by atoms with van der Waals surface area (Å²) >= 11 is 0. The Bertz CT molecular complexity index is 457. The molecule has 0 fully saturated rings. The molecule has 0 saturated heterocycles. The maximum absolute atomic E-state index is 11.9. The summed E-state index contributed by atoms with van der Waals surface area (Å²) in [5.41, 5.74) is 8.25. The fraction of sp³-hybridized carbons (Fsp3) is 0.471. The molecule has 3 heteroatoms. The molecule has 1 amide bonds. The summed E-state index contributed by atoms with van der Waals surface area (Å²) in [6.45, 7) is 12.1. The Morgan fingerprint density at radius 2 is 1.90 bits per heavy atom. The number of hydrogen-bond acceptors (Lipinski definition) is 2. The third-order valence-corrected chi connectivity index (χ3v) is 3.39. The molecular weight excluding hydrogens is 248 g/mol. The van der Waals surface area contributed by atoms with Crippen molar-refractivity contribution in [1.82, 2.24) is 5.32 Å². The van der Waals surface area contributed by atoms with Crippen molar-refractivity contribution in [3.8, 4) is 0 Å². The van der Waals surface area contributed by atoms with Gasteiger partial charge in [0.25, 0.3) is 0 Å². The van der Waals surface area contributed by atoms with E-state index in [1.807, 2.05) is 6.92 Å². The van der Waals surface area contributed by atoms with E-state index >= 15 is 0 Å². The van der Waals surface area contributed by atoms with Gasteiger partial charge in [-0.2, -0.15) is 0 Å². The minimum Gasteiger partial charge on any atom is -0.348 e. The fourth-order valence-corrected chi connectivity index (χ4v) is 1.96. The second kappa shape index (κ2) is 6.71. The minimum absolute atomic E-state index is 0.0487. The summed E-state index contributed by atoms with van der Waals surface area (Å²) in [5.74, 6) is -0.141. The quantitative estimate of drug-likeness (QED) is 0.811. The molecule has 3 N–H and O–H groups in total. The predicted molar refractivity (Wildman–Crippen MR) is 84.5 cm³/mol. The van der Waals surface area contributed by atoms with Crippen LogP contribution >= 0.6 is 0 Å². The van der Waals surface area contributed by atoms with Crippen LogP contribution in [-0.4, -0.2) is 11.9 Å².